The molecule has 4 heteroatoms. The van der Waals surface area contributed by atoms with Gasteiger partial charge in [-0.3, -0.25) is 4.79 Å². The summed E-state index contributed by atoms with van der Waals surface area (Å²) in [7, 11) is 1.95. The Balaban J connectivity index is 1.77. The van der Waals surface area contributed by atoms with Gasteiger partial charge in [-0.15, -0.1) is 0 Å². The van der Waals surface area contributed by atoms with Gasteiger partial charge in [-0.2, -0.15) is 0 Å². The first-order chi connectivity index (χ1) is 10.6. The maximum atomic E-state index is 13.0. The summed E-state index contributed by atoms with van der Waals surface area (Å²) in [5, 5.41) is 0. The highest BCUT2D eigenvalue weighted by atomic mass is 16.2. The number of para-hydroxylation sites is 1. The van der Waals surface area contributed by atoms with Gasteiger partial charge in [0.25, 0.3) is 5.91 Å². The zero-order valence-corrected chi connectivity index (χ0v) is 12.7. The molecule has 1 aliphatic heterocycles. The van der Waals surface area contributed by atoms with E-state index in [0.29, 0.717) is 5.56 Å². The normalized spacial score (nSPS) is 17.0. The first-order valence-corrected chi connectivity index (χ1v) is 7.47. The molecule has 1 atom stereocenters. The number of fused-ring (bicyclic) bond motifs is 2. The number of aromatic nitrogens is 2. The van der Waals surface area contributed by atoms with E-state index in [1.54, 1.807) is 6.33 Å². The zero-order valence-electron chi connectivity index (χ0n) is 12.7. The average Bonchev–Trinajstić information content (AvgIpc) is 3.06. The van der Waals surface area contributed by atoms with Gasteiger partial charge in [0.15, 0.2) is 0 Å². The first kappa shape index (κ1) is 13.1. The number of carbonyl (C=O) groups is 1. The molecule has 4 nitrogen and oxygen atoms in total. The Hall–Kier alpha value is -2.62. The van der Waals surface area contributed by atoms with Crippen molar-refractivity contribution < 1.29 is 4.79 Å². The lowest BCUT2D eigenvalue weighted by molar-refractivity contribution is 0.0981. The third-order valence-electron chi connectivity index (χ3n) is 4.40. The van der Waals surface area contributed by atoms with Crippen LogP contribution in [0.1, 0.15) is 22.8 Å². The number of benzene rings is 2. The molecule has 0 saturated heterocycles. The van der Waals surface area contributed by atoms with E-state index in [1.807, 2.05) is 52.9 Å². The van der Waals surface area contributed by atoms with Crippen LogP contribution in [0, 0.1) is 0 Å². The summed E-state index contributed by atoms with van der Waals surface area (Å²) >= 11 is 0. The summed E-state index contributed by atoms with van der Waals surface area (Å²) in [6, 6.07) is 14.0. The van der Waals surface area contributed by atoms with Crippen LogP contribution in [-0.2, 0) is 13.5 Å². The number of hydrogen-bond acceptors (Lipinski definition) is 2. The predicted molar refractivity (Wildman–Crippen MR) is 87.1 cm³/mol. The third-order valence-corrected chi connectivity index (χ3v) is 4.40. The van der Waals surface area contributed by atoms with Crippen LogP contribution < -0.4 is 4.90 Å². The summed E-state index contributed by atoms with van der Waals surface area (Å²) in [5.41, 5.74) is 4.85. The molecule has 22 heavy (non-hydrogen) atoms. The SMILES string of the molecule is C[C@H]1Cc2ccccc2N1C(=O)c1ccc2c(c1)ncn2C. The molecule has 1 aromatic heterocycles. The van der Waals surface area contributed by atoms with Gasteiger partial charge in [0.1, 0.15) is 0 Å². The van der Waals surface area contributed by atoms with E-state index in [9.17, 15) is 4.79 Å². The quantitative estimate of drug-likeness (QED) is 0.690. The molecule has 0 unspecified atom stereocenters. The molecule has 3 aromatic rings. The molecule has 0 spiro atoms. The molecule has 0 bridgehead atoms. The van der Waals surface area contributed by atoms with Crippen molar-refractivity contribution in [3.8, 4) is 0 Å². The fourth-order valence-corrected chi connectivity index (χ4v) is 3.28. The number of aryl methyl sites for hydroxylation is 1. The number of rotatable bonds is 1. The highest BCUT2D eigenvalue weighted by Gasteiger charge is 2.31. The molecule has 4 rings (SSSR count). The number of anilines is 1. The Labute approximate surface area is 129 Å². The van der Waals surface area contributed by atoms with Gasteiger partial charge in [-0.25, -0.2) is 4.98 Å². The Morgan fingerprint density at radius 3 is 2.91 bits per heavy atom. The van der Waals surface area contributed by atoms with Crippen molar-refractivity contribution in [2.45, 2.75) is 19.4 Å². The number of imidazole rings is 1. The van der Waals surface area contributed by atoms with E-state index in [-0.39, 0.29) is 11.9 Å². The van der Waals surface area contributed by atoms with E-state index in [1.165, 1.54) is 5.56 Å². The average molecular weight is 291 g/mol. The lowest BCUT2D eigenvalue weighted by atomic mass is 10.1. The van der Waals surface area contributed by atoms with Gasteiger partial charge >= 0.3 is 0 Å². The van der Waals surface area contributed by atoms with E-state index in [2.05, 4.69) is 18.0 Å². The van der Waals surface area contributed by atoms with Crippen molar-refractivity contribution in [1.82, 2.24) is 9.55 Å². The second kappa shape index (κ2) is 4.70. The fourth-order valence-electron chi connectivity index (χ4n) is 3.28. The number of hydrogen-bond donors (Lipinski definition) is 0. The second-order valence-electron chi connectivity index (χ2n) is 5.92. The maximum absolute atomic E-state index is 13.0. The van der Waals surface area contributed by atoms with E-state index >= 15 is 0 Å². The van der Waals surface area contributed by atoms with Crippen LogP contribution in [0.3, 0.4) is 0 Å². The highest BCUT2D eigenvalue weighted by molar-refractivity contribution is 6.09. The second-order valence-corrected chi connectivity index (χ2v) is 5.92. The molecule has 0 N–H and O–H groups in total. The molecule has 110 valence electrons. The minimum atomic E-state index is 0.0463. The van der Waals surface area contributed by atoms with Crippen LogP contribution in [0.4, 0.5) is 5.69 Å². The summed E-state index contributed by atoms with van der Waals surface area (Å²) in [4.78, 5) is 19.2. The molecule has 0 radical (unpaired) electrons. The van der Waals surface area contributed by atoms with Gasteiger partial charge in [0, 0.05) is 24.3 Å². The predicted octanol–water partition coefficient (Wildman–Crippen LogP) is 3.16. The molecule has 0 aliphatic carbocycles. The zero-order chi connectivity index (χ0) is 15.3. The van der Waals surface area contributed by atoms with Crippen molar-refractivity contribution in [3.63, 3.8) is 0 Å². The summed E-state index contributed by atoms with van der Waals surface area (Å²) in [5.74, 6) is 0.0463. The summed E-state index contributed by atoms with van der Waals surface area (Å²) in [6.07, 6.45) is 2.68. The smallest absolute Gasteiger partial charge is 0.258 e. The number of nitrogens with zero attached hydrogens (tertiary/aromatic N) is 3. The molecule has 2 heterocycles. The lowest BCUT2D eigenvalue weighted by Crippen LogP contribution is -2.35. The Morgan fingerprint density at radius 2 is 2.05 bits per heavy atom. The van der Waals surface area contributed by atoms with Crippen LogP contribution in [0.25, 0.3) is 11.0 Å². The standard InChI is InChI=1S/C18H17N3O/c1-12-9-13-5-3-4-6-16(13)21(12)18(22)14-7-8-17-15(10-14)19-11-20(17)2/h3-8,10-12H,9H2,1-2H3/t12-/m0/s1. The number of carbonyl (C=O) groups excluding carboxylic acids is 1. The number of amides is 1. The fraction of sp³-hybridized carbons (Fsp3) is 0.222. The van der Waals surface area contributed by atoms with E-state index < -0.39 is 0 Å². The van der Waals surface area contributed by atoms with Crippen LogP contribution in [0.5, 0.6) is 0 Å². The van der Waals surface area contributed by atoms with Gasteiger partial charge in [-0.1, -0.05) is 18.2 Å². The molecular formula is C18H17N3O. The van der Waals surface area contributed by atoms with Crippen molar-refractivity contribution in [1.29, 1.82) is 0 Å². The van der Waals surface area contributed by atoms with Crippen LogP contribution in [0.2, 0.25) is 0 Å². The van der Waals surface area contributed by atoms with Gasteiger partial charge in [0.2, 0.25) is 0 Å². The molecule has 1 amide bonds. The molecule has 0 fully saturated rings. The monoisotopic (exact) mass is 291 g/mol. The van der Waals surface area contributed by atoms with Crippen LogP contribution in [0.15, 0.2) is 48.8 Å². The van der Waals surface area contributed by atoms with Gasteiger partial charge in [-0.05, 0) is 43.2 Å². The van der Waals surface area contributed by atoms with Gasteiger partial charge < -0.3 is 9.47 Å². The third kappa shape index (κ3) is 1.84. The molecule has 2 aromatic carbocycles. The molecule has 1 aliphatic rings. The Bertz CT molecular complexity index is 881. The van der Waals surface area contributed by atoms with Gasteiger partial charge in [0.05, 0.1) is 17.4 Å². The molecule has 0 saturated carbocycles. The van der Waals surface area contributed by atoms with Crippen molar-refractivity contribution in [3.05, 3.63) is 59.9 Å². The minimum Gasteiger partial charge on any atom is -0.334 e. The summed E-state index contributed by atoms with van der Waals surface area (Å²) in [6.45, 7) is 2.09. The lowest BCUT2D eigenvalue weighted by Gasteiger charge is -2.22. The van der Waals surface area contributed by atoms with E-state index in [0.717, 1.165) is 23.1 Å². The summed E-state index contributed by atoms with van der Waals surface area (Å²) < 4.78 is 1.96. The van der Waals surface area contributed by atoms with Crippen LogP contribution >= 0.6 is 0 Å². The molecular weight excluding hydrogens is 274 g/mol. The van der Waals surface area contributed by atoms with Crippen molar-refractivity contribution in [2.24, 2.45) is 7.05 Å². The first-order valence-electron chi connectivity index (χ1n) is 7.47. The van der Waals surface area contributed by atoms with Crippen molar-refractivity contribution >= 4 is 22.6 Å². The topological polar surface area (TPSA) is 38.1 Å². The van der Waals surface area contributed by atoms with Crippen molar-refractivity contribution in [2.75, 3.05) is 4.90 Å². The Morgan fingerprint density at radius 1 is 1.23 bits per heavy atom. The largest absolute Gasteiger partial charge is 0.334 e. The van der Waals surface area contributed by atoms with E-state index in [4.69, 9.17) is 0 Å². The van der Waals surface area contributed by atoms with Crippen LogP contribution in [-0.4, -0.2) is 21.5 Å². The maximum Gasteiger partial charge on any atom is 0.258 e. The highest BCUT2D eigenvalue weighted by Crippen LogP contribution is 2.33. The Kier molecular flexibility index (Phi) is 2.79. The minimum absolute atomic E-state index is 0.0463.